The molecular weight excluding hydrogens is 409 g/mol. The third-order valence-corrected chi connectivity index (χ3v) is 4.88. The number of rotatable bonds is 4. The molecule has 120 valence electrons. The highest BCUT2D eigenvalue weighted by Crippen LogP contribution is 2.23. The van der Waals surface area contributed by atoms with Crippen LogP contribution in [-0.4, -0.2) is 5.91 Å². The molecule has 0 heterocycles. The van der Waals surface area contributed by atoms with Gasteiger partial charge < -0.3 is 5.32 Å². The van der Waals surface area contributed by atoms with Crippen LogP contribution in [0.1, 0.15) is 33.1 Å². The van der Waals surface area contributed by atoms with Crippen molar-refractivity contribution < 1.29 is 4.79 Å². The van der Waals surface area contributed by atoms with Gasteiger partial charge in [0.25, 0.3) is 5.91 Å². The van der Waals surface area contributed by atoms with E-state index in [1.54, 1.807) is 0 Å². The first-order valence-electron chi connectivity index (χ1n) is 7.82. The van der Waals surface area contributed by atoms with Crippen LogP contribution in [0, 0.1) is 10.5 Å². The van der Waals surface area contributed by atoms with E-state index in [9.17, 15) is 4.79 Å². The van der Waals surface area contributed by atoms with E-state index >= 15 is 0 Å². The zero-order valence-corrected chi connectivity index (χ0v) is 15.5. The largest absolute Gasteiger partial charge is 0.341 e. The highest BCUT2D eigenvalue weighted by Gasteiger charge is 2.18. The van der Waals surface area contributed by atoms with Gasteiger partial charge in [0, 0.05) is 3.57 Å². The fraction of sp³-hybridized carbons (Fsp3) is 0.0952. The molecule has 24 heavy (non-hydrogen) atoms. The van der Waals surface area contributed by atoms with Gasteiger partial charge in [0.2, 0.25) is 0 Å². The van der Waals surface area contributed by atoms with Crippen LogP contribution in [0.25, 0.3) is 0 Å². The zero-order valence-electron chi connectivity index (χ0n) is 13.4. The van der Waals surface area contributed by atoms with Gasteiger partial charge in [-0.2, -0.15) is 0 Å². The molecule has 0 aliphatic heterocycles. The molecule has 0 aliphatic rings. The Kier molecular flexibility index (Phi) is 5.30. The average molecular weight is 427 g/mol. The summed E-state index contributed by atoms with van der Waals surface area (Å²) < 4.78 is 0.948. The fourth-order valence-electron chi connectivity index (χ4n) is 2.62. The minimum atomic E-state index is -0.171. The number of halogens is 1. The number of nitrogens with one attached hydrogen (secondary N) is 1. The van der Waals surface area contributed by atoms with Gasteiger partial charge in [-0.1, -0.05) is 72.3 Å². The quantitative estimate of drug-likeness (QED) is 0.576. The number of benzene rings is 3. The maximum atomic E-state index is 12.8. The van der Waals surface area contributed by atoms with E-state index in [4.69, 9.17) is 0 Å². The number of amides is 1. The summed E-state index contributed by atoms with van der Waals surface area (Å²) in [5.74, 6) is -0.0607. The van der Waals surface area contributed by atoms with Crippen molar-refractivity contribution in [2.45, 2.75) is 13.0 Å². The summed E-state index contributed by atoms with van der Waals surface area (Å²) in [6.07, 6.45) is 0. The normalized spacial score (nSPS) is 11.8. The van der Waals surface area contributed by atoms with E-state index in [-0.39, 0.29) is 11.9 Å². The number of hydrogen-bond acceptors (Lipinski definition) is 1. The Labute approximate surface area is 156 Å². The standard InChI is InChI=1S/C21H18INO/c1-15-11-13-17(14-12-15)20(16-7-3-2-4-8-16)23-21(24)18-9-5-6-10-19(18)22/h2-14,20H,1H3,(H,23,24)/t20-/m1/s1. The minimum Gasteiger partial charge on any atom is -0.341 e. The first kappa shape index (κ1) is 16.7. The molecule has 0 radical (unpaired) electrons. The summed E-state index contributed by atoms with van der Waals surface area (Å²) in [5, 5.41) is 3.18. The number of aryl methyl sites for hydroxylation is 1. The molecule has 0 bridgehead atoms. The lowest BCUT2D eigenvalue weighted by molar-refractivity contribution is 0.0942. The molecule has 1 atom stereocenters. The van der Waals surface area contributed by atoms with Crippen molar-refractivity contribution in [3.63, 3.8) is 0 Å². The third kappa shape index (κ3) is 3.85. The molecule has 0 saturated heterocycles. The Morgan fingerprint density at radius 1 is 0.833 bits per heavy atom. The summed E-state index contributed by atoms with van der Waals surface area (Å²) in [6.45, 7) is 2.06. The van der Waals surface area contributed by atoms with E-state index < -0.39 is 0 Å². The van der Waals surface area contributed by atoms with Crippen molar-refractivity contribution >= 4 is 28.5 Å². The first-order chi connectivity index (χ1) is 11.6. The monoisotopic (exact) mass is 427 g/mol. The van der Waals surface area contributed by atoms with Crippen LogP contribution >= 0.6 is 22.6 Å². The molecule has 0 fully saturated rings. The summed E-state index contributed by atoms with van der Waals surface area (Å²) >= 11 is 2.20. The molecule has 0 aliphatic carbocycles. The van der Waals surface area contributed by atoms with Crippen molar-refractivity contribution in [3.8, 4) is 0 Å². The van der Waals surface area contributed by atoms with Crippen LogP contribution in [0.3, 0.4) is 0 Å². The minimum absolute atomic E-state index is 0.0607. The number of hydrogen-bond donors (Lipinski definition) is 1. The van der Waals surface area contributed by atoms with Gasteiger partial charge in [0.05, 0.1) is 11.6 Å². The Bertz CT molecular complexity index is 828. The Hall–Kier alpha value is -2.14. The highest BCUT2D eigenvalue weighted by atomic mass is 127. The molecule has 0 saturated carbocycles. The lowest BCUT2D eigenvalue weighted by Crippen LogP contribution is -2.29. The van der Waals surface area contributed by atoms with Crippen molar-refractivity contribution in [1.29, 1.82) is 0 Å². The van der Waals surface area contributed by atoms with Crippen LogP contribution in [0.4, 0.5) is 0 Å². The lowest BCUT2D eigenvalue weighted by Gasteiger charge is -2.20. The molecule has 2 nitrogen and oxygen atoms in total. The van der Waals surface area contributed by atoms with E-state index in [2.05, 4.69) is 59.1 Å². The van der Waals surface area contributed by atoms with Crippen LogP contribution in [0.15, 0.2) is 78.9 Å². The molecule has 3 aromatic carbocycles. The highest BCUT2D eigenvalue weighted by molar-refractivity contribution is 14.1. The molecule has 0 aromatic heterocycles. The predicted octanol–water partition coefficient (Wildman–Crippen LogP) is 5.12. The Balaban J connectivity index is 1.95. The molecule has 3 heteroatoms. The van der Waals surface area contributed by atoms with Gasteiger partial charge in [-0.25, -0.2) is 0 Å². The topological polar surface area (TPSA) is 29.1 Å². The first-order valence-corrected chi connectivity index (χ1v) is 8.90. The van der Waals surface area contributed by atoms with Gasteiger partial charge in [-0.15, -0.1) is 0 Å². The Morgan fingerprint density at radius 3 is 2.08 bits per heavy atom. The maximum absolute atomic E-state index is 12.8. The van der Waals surface area contributed by atoms with Crippen molar-refractivity contribution in [1.82, 2.24) is 5.32 Å². The SMILES string of the molecule is Cc1ccc([C@H](NC(=O)c2ccccc2I)c2ccccc2)cc1. The summed E-state index contributed by atoms with van der Waals surface area (Å²) in [5.41, 5.74) is 4.05. The molecular formula is C21H18INO. The van der Waals surface area contributed by atoms with Crippen LogP contribution < -0.4 is 5.32 Å². The van der Waals surface area contributed by atoms with E-state index in [1.807, 2.05) is 54.6 Å². The van der Waals surface area contributed by atoms with E-state index in [0.717, 1.165) is 14.7 Å². The summed E-state index contributed by atoms with van der Waals surface area (Å²) in [4.78, 5) is 12.8. The second-order valence-corrected chi connectivity index (χ2v) is 6.87. The van der Waals surface area contributed by atoms with Crippen LogP contribution in [-0.2, 0) is 0 Å². The Morgan fingerprint density at radius 2 is 1.42 bits per heavy atom. The molecule has 0 spiro atoms. The number of carbonyl (C=O) groups excluding carboxylic acids is 1. The summed E-state index contributed by atoms with van der Waals surface area (Å²) in [6, 6.07) is 25.8. The predicted molar refractivity (Wildman–Crippen MR) is 106 cm³/mol. The summed E-state index contributed by atoms with van der Waals surface area (Å²) in [7, 11) is 0. The molecule has 0 unspecified atom stereocenters. The van der Waals surface area contributed by atoms with Gasteiger partial charge in [-0.3, -0.25) is 4.79 Å². The van der Waals surface area contributed by atoms with Crippen molar-refractivity contribution in [2.75, 3.05) is 0 Å². The third-order valence-electron chi connectivity index (χ3n) is 3.94. The zero-order chi connectivity index (χ0) is 16.9. The van der Waals surface area contributed by atoms with Gasteiger partial charge >= 0.3 is 0 Å². The second-order valence-electron chi connectivity index (χ2n) is 5.71. The molecule has 1 amide bonds. The lowest BCUT2D eigenvalue weighted by atomic mass is 9.97. The van der Waals surface area contributed by atoms with E-state index in [1.165, 1.54) is 5.56 Å². The maximum Gasteiger partial charge on any atom is 0.253 e. The second kappa shape index (κ2) is 7.62. The van der Waals surface area contributed by atoms with Gasteiger partial charge in [-0.05, 0) is 52.8 Å². The molecule has 3 rings (SSSR count). The number of carbonyl (C=O) groups is 1. The van der Waals surface area contributed by atoms with Crippen molar-refractivity contribution in [2.24, 2.45) is 0 Å². The average Bonchev–Trinajstić information content (AvgIpc) is 2.61. The molecule has 1 N–H and O–H groups in total. The fourth-order valence-corrected chi connectivity index (χ4v) is 3.25. The molecule has 3 aromatic rings. The van der Waals surface area contributed by atoms with Crippen LogP contribution in [0.2, 0.25) is 0 Å². The van der Waals surface area contributed by atoms with Gasteiger partial charge in [0.1, 0.15) is 0 Å². The van der Waals surface area contributed by atoms with E-state index in [0.29, 0.717) is 5.56 Å². The van der Waals surface area contributed by atoms with Gasteiger partial charge in [0.15, 0.2) is 0 Å². The van der Waals surface area contributed by atoms with Crippen molar-refractivity contribution in [3.05, 3.63) is 105 Å². The van der Waals surface area contributed by atoms with Crippen LogP contribution in [0.5, 0.6) is 0 Å². The smallest absolute Gasteiger partial charge is 0.253 e.